The minimum absolute atomic E-state index is 0.0868. The third-order valence-corrected chi connectivity index (χ3v) is 3.63. The third-order valence-electron chi connectivity index (χ3n) is 3.63. The largest absolute Gasteiger partial charge is 0.493 e. The average molecular weight is 278 g/mol. The molecule has 2 N–H and O–H groups in total. The Balaban J connectivity index is 2.33. The van der Waals surface area contributed by atoms with Crippen LogP contribution in [0.3, 0.4) is 0 Å². The Morgan fingerprint density at radius 2 is 1.90 bits per heavy atom. The molecule has 1 aromatic carbocycles. The molecule has 1 atom stereocenters. The molecule has 5 heteroatoms. The summed E-state index contributed by atoms with van der Waals surface area (Å²) in [5.74, 6) is 1.39. The number of methoxy groups -OCH3 is 2. The summed E-state index contributed by atoms with van der Waals surface area (Å²) in [4.78, 5) is 11.1. The van der Waals surface area contributed by atoms with Crippen molar-refractivity contribution in [2.24, 2.45) is 0 Å². The molecule has 0 heterocycles. The molecule has 1 aliphatic carbocycles. The molecule has 1 aromatic rings. The van der Waals surface area contributed by atoms with Gasteiger partial charge in [-0.25, -0.2) is 5.43 Å². The Bertz CT molecular complexity index is 488. The van der Waals surface area contributed by atoms with Crippen molar-refractivity contribution < 1.29 is 14.3 Å². The molecule has 0 saturated carbocycles. The van der Waals surface area contributed by atoms with Gasteiger partial charge >= 0.3 is 0 Å². The van der Waals surface area contributed by atoms with Crippen LogP contribution < -0.4 is 20.3 Å². The van der Waals surface area contributed by atoms with Crippen molar-refractivity contribution in [3.05, 3.63) is 23.3 Å². The number of hydrogen-bond donors (Lipinski definition) is 2. The van der Waals surface area contributed by atoms with Gasteiger partial charge < -0.3 is 9.47 Å². The summed E-state index contributed by atoms with van der Waals surface area (Å²) in [6.07, 6.45) is 4.27. The number of rotatable bonds is 4. The summed E-state index contributed by atoms with van der Waals surface area (Å²) in [5.41, 5.74) is 8.23. The van der Waals surface area contributed by atoms with Crippen LogP contribution >= 0.6 is 0 Å². The zero-order chi connectivity index (χ0) is 14.5. The molecule has 0 saturated heterocycles. The Morgan fingerprint density at radius 3 is 2.55 bits per heavy atom. The Morgan fingerprint density at radius 1 is 1.20 bits per heavy atom. The number of fused-ring (bicyclic) bond motifs is 1. The van der Waals surface area contributed by atoms with Crippen molar-refractivity contribution in [1.82, 2.24) is 10.9 Å². The van der Waals surface area contributed by atoms with Crippen LogP contribution in [0.25, 0.3) is 0 Å². The number of amides is 1. The van der Waals surface area contributed by atoms with Crippen LogP contribution in [0.4, 0.5) is 0 Å². The molecule has 0 fully saturated rings. The van der Waals surface area contributed by atoms with E-state index in [0.29, 0.717) is 0 Å². The number of hydrazine groups is 1. The standard InChI is InChI=1S/C15H22N2O3/c1-10(18)16-17-13-7-5-4-6-11-8-14(19-2)15(20-3)9-12(11)13/h8-9,13,17H,4-7H2,1-3H3,(H,16,18)/t13-/m0/s1. The van der Waals surface area contributed by atoms with Crippen molar-refractivity contribution in [2.75, 3.05) is 14.2 Å². The highest BCUT2D eigenvalue weighted by Gasteiger charge is 2.21. The van der Waals surface area contributed by atoms with Crippen molar-refractivity contribution >= 4 is 5.91 Å². The number of hydrogen-bond acceptors (Lipinski definition) is 4. The summed E-state index contributed by atoms with van der Waals surface area (Å²) < 4.78 is 10.7. The lowest BCUT2D eigenvalue weighted by Gasteiger charge is -2.21. The molecule has 0 radical (unpaired) electrons. The summed E-state index contributed by atoms with van der Waals surface area (Å²) in [6, 6.07) is 4.16. The van der Waals surface area contributed by atoms with Gasteiger partial charge in [-0.05, 0) is 42.5 Å². The molecule has 1 amide bonds. The van der Waals surface area contributed by atoms with E-state index in [1.54, 1.807) is 14.2 Å². The molecule has 2 rings (SSSR count). The molecule has 0 bridgehead atoms. The van der Waals surface area contributed by atoms with Crippen LogP contribution in [0.15, 0.2) is 12.1 Å². The molecule has 0 aliphatic heterocycles. The van der Waals surface area contributed by atoms with E-state index < -0.39 is 0 Å². The van der Waals surface area contributed by atoms with Gasteiger partial charge in [0, 0.05) is 6.92 Å². The first-order valence-electron chi connectivity index (χ1n) is 6.92. The second-order valence-corrected chi connectivity index (χ2v) is 5.03. The zero-order valence-electron chi connectivity index (χ0n) is 12.3. The van der Waals surface area contributed by atoms with Crippen LogP contribution in [-0.4, -0.2) is 20.1 Å². The molecule has 5 nitrogen and oxygen atoms in total. The fourth-order valence-electron chi connectivity index (χ4n) is 2.64. The van der Waals surface area contributed by atoms with Crippen LogP contribution in [0.5, 0.6) is 11.5 Å². The molecule has 20 heavy (non-hydrogen) atoms. The fourth-order valence-corrected chi connectivity index (χ4v) is 2.64. The highest BCUT2D eigenvalue weighted by molar-refractivity contribution is 5.72. The van der Waals surface area contributed by atoms with E-state index in [1.807, 2.05) is 12.1 Å². The van der Waals surface area contributed by atoms with Gasteiger partial charge in [0.1, 0.15) is 0 Å². The number of aryl methyl sites for hydroxylation is 1. The van der Waals surface area contributed by atoms with E-state index in [9.17, 15) is 4.79 Å². The minimum atomic E-state index is -0.0868. The van der Waals surface area contributed by atoms with Crippen LogP contribution in [0.2, 0.25) is 0 Å². The Labute approximate surface area is 119 Å². The summed E-state index contributed by atoms with van der Waals surface area (Å²) in [7, 11) is 3.28. The minimum Gasteiger partial charge on any atom is -0.493 e. The van der Waals surface area contributed by atoms with Gasteiger partial charge in [0.15, 0.2) is 11.5 Å². The second-order valence-electron chi connectivity index (χ2n) is 5.03. The van der Waals surface area contributed by atoms with Crippen molar-refractivity contribution in [3.8, 4) is 11.5 Å². The van der Waals surface area contributed by atoms with Gasteiger partial charge in [-0.3, -0.25) is 10.2 Å². The van der Waals surface area contributed by atoms with Gasteiger partial charge in [-0.1, -0.05) is 6.42 Å². The molecule has 0 aromatic heterocycles. The fraction of sp³-hybridized carbons (Fsp3) is 0.533. The summed E-state index contributed by atoms with van der Waals surface area (Å²) >= 11 is 0. The second kappa shape index (κ2) is 6.61. The summed E-state index contributed by atoms with van der Waals surface area (Å²) in [6.45, 7) is 1.50. The first-order valence-corrected chi connectivity index (χ1v) is 6.92. The van der Waals surface area contributed by atoms with E-state index in [1.165, 1.54) is 18.1 Å². The van der Waals surface area contributed by atoms with E-state index in [2.05, 4.69) is 10.9 Å². The Kier molecular flexibility index (Phi) is 4.84. The molecular formula is C15H22N2O3. The number of ether oxygens (including phenoxy) is 2. The highest BCUT2D eigenvalue weighted by Crippen LogP contribution is 2.37. The number of carbonyl (C=O) groups excluding carboxylic acids is 1. The maximum Gasteiger partial charge on any atom is 0.230 e. The average Bonchev–Trinajstić information content (AvgIpc) is 2.65. The van der Waals surface area contributed by atoms with E-state index in [0.717, 1.165) is 37.2 Å². The zero-order valence-corrected chi connectivity index (χ0v) is 12.3. The first-order chi connectivity index (χ1) is 9.65. The molecule has 110 valence electrons. The molecule has 1 aliphatic rings. The SMILES string of the molecule is COc1cc2c(cc1OC)[C@@H](NNC(C)=O)CCCC2. The Hall–Kier alpha value is -1.75. The normalized spacial score (nSPS) is 17.9. The quantitative estimate of drug-likeness (QED) is 0.654. The van der Waals surface area contributed by atoms with Gasteiger partial charge in [-0.2, -0.15) is 0 Å². The van der Waals surface area contributed by atoms with Gasteiger partial charge in [0.2, 0.25) is 5.91 Å². The van der Waals surface area contributed by atoms with Gasteiger partial charge in [-0.15, -0.1) is 0 Å². The predicted molar refractivity (Wildman–Crippen MR) is 76.8 cm³/mol. The maximum atomic E-state index is 11.1. The number of nitrogens with one attached hydrogen (secondary N) is 2. The highest BCUT2D eigenvalue weighted by atomic mass is 16.5. The first kappa shape index (κ1) is 14.7. The molecule has 0 spiro atoms. The number of benzene rings is 1. The topological polar surface area (TPSA) is 59.6 Å². The van der Waals surface area contributed by atoms with Crippen molar-refractivity contribution in [3.63, 3.8) is 0 Å². The lowest BCUT2D eigenvalue weighted by Crippen LogP contribution is -2.38. The number of carbonyl (C=O) groups is 1. The van der Waals surface area contributed by atoms with Crippen molar-refractivity contribution in [1.29, 1.82) is 0 Å². The predicted octanol–water partition coefficient (Wildman–Crippen LogP) is 2.11. The van der Waals surface area contributed by atoms with Crippen LogP contribution in [0, 0.1) is 0 Å². The monoisotopic (exact) mass is 278 g/mol. The lowest BCUT2D eigenvalue weighted by atomic mass is 9.98. The van der Waals surface area contributed by atoms with E-state index in [-0.39, 0.29) is 11.9 Å². The van der Waals surface area contributed by atoms with Crippen LogP contribution in [0.1, 0.15) is 43.4 Å². The van der Waals surface area contributed by atoms with Gasteiger partial charge in [0.05, 0.1) is 20.3 Å². The van der Waals surface area contributed by atoms with Crippen molar-refractivity contribution in [2.45, 2.75) is 38.6 Å². The summed E-state index contributed by atoms with van der Waals surface area (Å²) in [5, 5.41) is 0. The lowest BCUT2D eigenvalue weighted by molar-refractivity contribution is -0.120. The molecular weight excluding hydrogens is 256 g/mol. The maximum absolute atomic E-state index is 11.1. The van der Waals surface area contributed by atoms with E-state index >= 15 is 0 Å². The van der Waals surface area contributed by atoms with Crippen LogP contribution in [-0.2, 0) is 11.2 Å². The van der Waals surface area contributed by atoms with E-state index in [4.69, 9.17) is 9.47 Å². The smallest absolute Gasteiger partial charge is 0.230 e. The van der Waals surface area contributed by atoms with Gasteiger partial charge in [0.25, 0.3) is 0 Å². The molecule has 0 unspecified atom stereocenters. The third kappa shape index (κ3) is 3.22.